The number of nitrogens with zero attached hydrogens (tertiary/aromatic N) is 1. The van der Waals surface area contributed by atoms with Gasteiger partial charge in [0.15, 0.2) is 0 Å². The van der Waals surface area contributed by atoms with E-state index < -0.39 is 0 Å². The standard InChI is InChI=1S/C14H15N3O2/c15-13-10-11(6-7-16-13)14(18)17-8-9-19-12-4-2-1-3-5-12/h1-7,10H,8-9H2,(H2,15,16)(H,17,18). The molecule has 1 aromatic heterocycles. The van der Waals surface area contributed by atoms with E-state index >= 15 is 0 Å². The number of amides is 1. The van der Waals surface area contributed by atoms with Crippen molar-refractivity contribution in [1.82, 2.24) is 10.3 Å². The highest BCUT2D eigenvalue weighted by atomic mass is 16.5. The smallest absolute Gasteiger partial charge is 0.251 e. The van der Waals surface area contributed by atoms with Crippen molar-refractivity contribution in [3.8, 4) is 5.75 Å². The molecule has 0 saturated carbocycles. The van der Waals surface area contributed by atoms with Gasteiger partial charge in [0.2, 0.25) is 0 Å². The summed E-state index contributed by atoms with van der Waals surface area (Å²) in [7, 11) is 0. The summed E-state index contributed by atoms with van der Waals surface area (Å²) >= 11 is 0. The van der Waals surface area contributed by atoms with Gasteiger partial charge in [-0.15, -0.1) is 0 Å². The number of aromatic nitrogens is 1. The minimum absolute atomic E-state index is 0.189. The second-order valence-corrected chi connectivity index (χ2v) is 3.89. The maximum Gasteiger partial charge on any atom is 0.251 e. The van der Waals surface area contributed by atoms with E-state index in [1.54, 1.807) is 6.07 Å². The lowest BCUT2D eigenvalue weighted by Crippen LogP contribution is -2.28. The molecule has 0 unspecified atom stereocenters. The summed E-state index contributed by atoms with van der Waals surface area (Å²) in [6, 6.07) is 12.6. The van der Waals surface area contributed by atoms with E-state index in [4.69, 9.17) is 10.5 Å². The average Bonchev–Trinajstić information content (AvgIpc) is 2.44. The van der Waals surface area contributed by atoms with Crippen molar-refractivity contribution in [3.05, 3.63) is 54.2 Å². The molecule has 5 nitrogen and oxygen atoms in total. The van der Waals surface area contributed by atoms with Crippen molar-refractivity contribution in [3.63, 3.8) is 0 Å². The van der Waals surface area contributed by atoms with Gasteiger partial charge in [-0.2, -0.15) is 0 Å². The molecular formula is C14H15N3O2. The highest BCUT2D eigenvalue weighted by Gasteiger charge is 2.05. The van der Waals surface area contributed by atoms with Crippen LogP contribution in [-0.4, -0.2) is 24.0 Å². The summed E-state index contributed by atoms with van der Waals surface area (Å²) in [5.41, 5.74) is 6.00. The number of anilines is 1. The van der Waals surface area contributed by atoms with Gasteiger partial charge in [-0.05, 0) is 24.3 Å². The molecule has 0 saturated heterocycles. The molecule has 19 heavy (non-hydrogen) atoms. The Morgan fingerprint density at radius 2 is 2.05 bits per heavy atom. The number of benzene rings is 1. The van der Waals surface area contributed by atoms with E-state index in [9.17, 15) is 4.79 Å². The summed E-state index contributed by atoms with van der Waals surface area (Å²) in [6.07, 6.45) is 1.50. The topological polar surface area (TPSA) is 77.2 Å². The SMILES string of the molecule is Nc1cc(C(=O)NCCOc2ccccc2)ccn1. The first kappa shape index (κ1) is 12.9. The van der Waals surface area contributed by atoms with Crippen LogP contribution in [0.15, 0.2) is 48.7 Å². The number of ether oxygens (including phenoxy) is 1. The third kappa shape index (κ3) is 3.99. The molecule has 0 atom stereocenters. The minimum atomic E-state index is -0.189. The Labute approximate surface area is 111 Å². The molecule has 1 amide bonds. The molecule has 0 radical (unpaired) electrons. The van der Waals surface area contributed by atoms with Crippen LogP contribution in [0.3, 0.4) is 0 Å². The Hall–Kier alpha value is -2.56. The molecule has 3 N–H and O–H groups in total. The Kier molecular flexibility index (Phi) is 4.34. The van der Waals surface area contributed by atoms with Gasteiger partial charge in [-0.3, -0.25) is 4.79 Å². The first-order valence-corrected chi connectivity index (χ1v) is 5.93. The minimum Gasteiger partial charge on any atom is -0.492 e. The Balaban J connectivity index is 1.75. The number of pyridine rings is 1. The predicted octanol–water partition coefficient (Wildman–Crippen LogP) is 1.47. The molecule has 0 fully saturated rings. The number of rotatable bonds is 5. The third-order valence-corrected chi connectivity index (χ3v) is 2.44. The average molecular weight is 257 g/mol. The van der Waals surface area contributed by atoms with E-state index in [2.05, 4.69) is 10.3 Å². The lowest BCUT2D eigenvalue weighted by Gasteiger charge is -2.07. The normalized spacial score (nSPS) is 9.89. The van der Waals surface area contributed by atoms with E-state index in [0.29, 0.717) is 24.5 Å². The van der Waals surface area contributed by atoms with E-state index in [0.717, 1.165) is 5.75 Å². The van der Waals surface area contributed by atoms with Gasteiger partial charge < -0.3 is 15.8 Å². The lowest BCUT2D eigenvalue weighted by molar-refractivity contribution is 0.0947. The monoisotopic (exact) mass is 257 g/mol. The van der Waals surface area contributed by atoms with E-state index in [-0.39, 0.29) is 5.91 Å². The second kappa shape index (κ2) is 6.39. The summed E-state index contributed by atoms with van der Waals surface area (Å²) in [6.45, 7) is 0.840. The Bertz CT molecular complexity index is 543. The number of hydrogen-bond donors (Lipinski definition) is 2. The number of nitrogens with two attached hydrogens (primary N) is 1. The summed E-state index contributed by atoms with van der Waals surface area (Å²) in [5, 5.41) is 2.75. The van der Waals surface area contributed by atoms with Crippen LogP contribution in [0.2, 0.25) is 0 Å². The highest BCUT2D eigenvalue weighted by molar-refractivity contribution is 5.94. The number of carbonyl (C=O) groups excluding carboxylic acids is 1. The number of nitrogens with one attached hydrogen (secondary N) is 1. The van der Waals surface area contributed by atoms with Crippen molar-refractivity contribution < 1.29 is 9.53 Å². The van der Waals surface area contributed by atoms with Crippen molar-refractivity contribution in [1.29, 1.82) is 0 Å². The van der Waals surface area contributed by atoms with Crippen LogP contribution in [0, 0.1) is 0 Å². The van der Waals surface area contributed by atoms with Gasteiger partial charge in [-0.25, -0.2) is 4.98 Å². The van der Waals surface area contributed by atoms with Crippen molar-refractivity contribution in [2.24, 2.45) is 0 Å². The zero-order chi connectivity index (χ0) is 13.5. The number of nitrogen functional groups attached to an aromatic ring is 1. The van der Waals surface area contributed by atoms with Crippen molar-refractivity contribution >= 4 is 11.7 Å². The molecule has 0 bridgehead atoms. The first-order valence-electron chi connectivity index (χ1n) is 5.93. The molecule has 0 aliphatic rings. The molecule has 0 aliphatic heterocycles. The van der Waals surface area contributed by atoms with Crippen molar-refractivity contribution in [2.45, 2.75) is 0 Å². The van der Waals surface area contributed by atoms with Crippen LogP contribution in [0.4, 0.5) is 5.82 Å². The molecule has 0 aliphatic carbocycles. The molecule has 2 rings (SSSR count). The summed E-state index contributed by atoms with van der Waals surface area (Å²) in [5.74, 6) is 0.920. The lowest BCUT2D eigenvalue weighted by atomic mass is 10.2. The fourth-order valence-corrected chi connectivity index (χ4v) is 1.54. The molecule has 5 heteroatoms. The van der Waals surface area contributed by atoms with Crippen molar-refractivity contribution in [2.75, 3.05) is 18.9 Å². The number of carbonyl (C=O) groups is 1. The molecule has 98 valence electrons. The predicted molar refractivity (Wildman–Crippen MR) is 72.9 cm³/mol. The summed E-state index contributed by atoms with van der Waals surface area (Å²) < 4.78 is 5.46. The maximum atomic E-state index is 11.8. The molecular weight excluding hydrogens is 242 g/mol. The fraction of sp³-hybridized carbons (Fsp3) is 0.143. The third-order valence-electron chi connectivity index (χ3n) is 2.44. The fourth-order valence-electron chi connectivity index (χ4n) is 1.54. The van der Waals surface area contributed by atoms with Gasteiger partial charge in [0.25, 0.3) is 5.91 Å². The van der Waals surface area contributed by atoms with Crippen LogP contribution < -0.4 is 15.8 Å². The van der Waals surface area contributed by atoms with Crippen LogP contribution >= 0.6 is 0 Å². The molecule has 0 spiro atoms. The van der Waals surface area contributed by atoms with Gasteiger partial charge in [-0.1, -0.05) is 18.2 Å². The molecule has 2 aromatic rings. The zero-order valence-electron chi connectivity index (χ0n) is 10.4. The summed E-state index contributed by atoms with van der Waals surface area (Å²) in [4.78, 5) is 15.6. The Morgan fingerprint density at radius 3 is 2.79 bits per heavy atom. The van der Waals surface area contributed by atoms with Crippen LogP contribution in [0.1, 0.15) is 10.4 Å². The van der Waals surface area contributed by atoms with Gasteiger partial charge in [0.05, 0.1) is 6.54 Å². The highest BCUT2D eigenvalue weighted by Crippen LogP contribution is 2.07. The molecule has 1 heterocycles. The van der Waals surface area contributed by atoms with Crippen LogP contribution in [-0.2, 0) is 0 Å². The zero-order valence-corrected chi connectivity index (χ0v) is 10.4. The number of hydrogen-bond acceptors (Lipinski definition) is 4. The quantitative estimate of drug-likeness (QED) is 0.795. The van der Waals surface area contributed by atoms with Crippen LogP contribution in [0.25, 0.3) is 0 Å². The Morgan fingerprint density at radius 1 is 1.26 bits per heavy atom. The van der Waals surface area contributed by atoms with Gasteiger partial charge in [0.1, 0.15) is 18.2 Å². The van der Waals surface area contributed by atoms with E-state index in [1.807, 2.05) is 30.3 Å². The maximum absolute atomic E-state index is 11.8. The largest absolute Gasteiger partial charge is 0.492 e. The number of para-hydroxylation sites is 1. The van der Waals surface area contributed by atoms with E-state index in [1.165, 1.54) is 12.3 Å². The second-order valence-electron chi connectivity index (χ2n) is 3.89. The van der Waals surface area contributed by atoms with Crippen LogP contribution in [0.5, 0.6) is 5.75 Å². The first-order chi connectivity index (χ1) is 9.25. The molecule has 1 aromatic carbocycles. The van der Waals surface area contributed by atoms with Gasteiger partial charge >= 0.3 is 0 Å². The van der Waals surface area contributed by atoms with Gasteiger partial charge in [0, 0.05) is 11.8 Å².